The monoisotopic (exact) mass is 285 g/mol. The average molecular weight is 285 g/mol. The Kier molecular flexibility index (Phi) is 4.21. The molecule has 0 saturated carbocycles. The summed E-state index contributed by atoms with van der Waals surface area (Å²) in [5.41, 5.74) is 3.56. The third-order valence-electron chi connectivity index (χ3n) is 1.80. The van der Waals surface area contributed by atoms with E-state index >= 15 is 0 Å². The second kappa shape index (κ2) is 5.67. The van der Waals surface area contributed by atoms with Crippen molar-refractivity contribution in [1.82, 2.24) is 15.0 Å². The van der Waals surface area contributed by atoms with Crippen molar-refractivity contribution in [2.24, 2.45) is 5.84 Å². The number of hydrogen-bond acceptors (Lipinski definition) is 8. The number of thioether (sulfide) groups is 1. The van der Waals surface area contributed by atoms with Crippen molar-refractivity contribution >= 4 is 40.7 Å². The molecule has 0 unspecified atom stereocenters. The third-order valence-corrected chi connectivity index (χ3v) is 4.32. The fourth-order valence-electron chi connectivity index (χ4n) is 1.09. The highest BCUT2D eigenvalue weighted by Crippen LogP contribution is 2.30. The molecule has 3 N–H and O–H groups in total. The van der Waals surface area contributed by atoms with E-state index in [-0.39, 0.29) is 0 Å². The van der Waals surface area contributed by atoms with E-state index in [0.29, 0.717) is 11.0 Å². The van der Waals surface area contributed by atoms with Crippen LogP contribution in [0.3, 0.4) is 0 Å². The Hall–Kier alpha value is -0.830. The maximum atomic E-state index is 5.37. The molecule has 5 nitrogen and oxygen atoms in total. The van der Waals surface area contributed by atoms with Crippen LogP contribution < -0.4 is 11.3 Å². The van der Waals surface area contributed by atoms with Crippen LogP contribution in [-0.4, -0.2) is 21.2 Å². The molecule has 0 aliphatic carbocycles. The Labute approximate surface area is 112 Å². The van der Waals surface area contributed by atoms with Crippen LogP contribution in [0.2, 0.25) is 0 Å². The Morgan fingerprint density at radius 2 is 2.18 bits per heavy atom. The lowest BCUT2D eigenvalue weighted by atomic mass is 10.6. The number of hydrazine groups is 1. The molecule has 0 spiro atoms. The van der Waals surface area contributed by atoms with Crippen molar-refractivity contribution in [2.75, 3.05) is 11.7 Å². The van der Waals surface area contributed by atoms with Crippen molar-refractivity contribution < 1.29 is 0 Å². The Morgan fingerprint density at radius 3 is 2.76 bits per heavy atom. The molecular formula is C9H11N5S3. The molecule has 0 saturated heterocycles. The minimum atomic E-state index is 0.611. The van der Waals surface area contributed by atoms with E-state index in [0.717, 1.165) is 15.1 Å². The zero-order valence-corrected chi connectivity index (χ0v) is 11.7. The van der Waals surface area contributed by atoms with Gasteiger partial charge in [-0.3, -0.25) is 0 Å². The smallest absolute Gasteiger partial charge is 0.190 e. The van der Waals surface area contributed by atoms with Gasteiger partial charge in [0.2, 0.25) is 0 Å². The van der Waals surface area contributed by atoms with Gasteiger partial charge in [0.1, 0.15) is 10.8 Å². The Bertz CT molecular complexity index is 491. The van der Waals surface area contributed by atoms with Gasteiger partial charge in [-0.2, -0.15) is 0 Å². The maximum absolute atomic E-state index is 5.37. The largest absolute Gasteiger partial charge is 0.308 e. The fourth-order valence-corrected chi connectivity index (χ4v) is 3.31. The molecule has 0 fully saturated rings. The standard InChI is InChI=1S/C9H11N5S3/c1-5-4-16-9(11-5)17-7-3-6(14-10)12-8(13-7)15-2/h3-4H,10H2,1-2H3,(H,12,13,14). The summed E-state index contributed by atoms with van der Waals surface area (Å²) in [6, 6.07) is 1.81. The normalized spacial score (nSPS) is 10.5. The number of nitrogens with one attached hydrogen (secondary N) is 1. The quantitative estimate of drug-likeness (QED) is 0.294. The van der Waals surface area contributed by atoms with Crippen LogP contribution in [0.4, 0.5) is 5.82 Å². The number of hydrogen-bond donors (Lipinski definition) is 2. The fraction of sp³-hybridized carbons (Fsp3) is 0.222. The minimum absolute atomic E-state index is 0.611. The van der Waals surface area contributed by atoms with Crippen molar-refractivity contribution in [3.05, 3.63) is 17.1 Å². The van der Waals surface area contributed by atoms with Crippen molar-refractivity contribution in [3.63, 3.8) is 0 Å². The summed E-state index contributed by atoms with van der Waals surface area (Å²) in [5.74, 6) is 5.98. The lowest BCUT2D eigenvalue weighted by molar-refractivity contribution is 0.892. The van der Waals surface area contributed by atoms with E-state index in [2.05, 4.69) is 20.4 Å². The van der Waals surface area contributed by atoms with Gasteiger partial charge < -0.3 is 5.43 Å². The van der Waals surface area contributed by atoms with Crippen LogP contribution in [0.1, 0.15) is 5.69 Å². The van der Waals surface area contributed by atoms with Gasteiger partial charge in [0.25, 0.3) is 0 Å². The molecule has 2 heterocycles. The molecule has 0 aliphatic rings. The molecule has 0 amide bonds. The van der Waals surface area contributed by atoms with E-state index in [1.54, 1.807) is 17.4 Å². The average Bonchev–Trinajstić information content (AvgIpc) is 2.74. The SMILES string of the molecule is CSc1nc(NN)cc(Sc2nc(C)cs2)n1. The van der Waals surface area contributed by atoms with E-state index < -0.39 is 0 Å². The molecule has 0 radical (unpaired) electrons. The summed E-state index contributed by atoms with van der Waals surface area (Å²) < 4.78 is 0.969. The predicted octanol–water partition coefficient (Wildman–Crippen LogP) is 2.40. The van der Waals surface area contributed by atoms with Crippen LogP contribution in [0.5, 0.6) is 0 Å². The van der Waals surface area contributed by atoms with Gasteiger partial charge in [0.15, 0.2) is 9.50 Å². The number of rotatable bonds is 4. The highest BCUT2D eigenvalue weighted by molar-refractivity contribution is 8.01. The summed E-state index contributed by atoms with van der Waals surface area (Å²) in [6.07, 6.45) is 1.93. The van der Waals surface area contributed by atoms with Gasteiger partial charge in [-0.05, 0) is 24.9 Å². The summed E-state index contributed by atoms with van der Waals surface area (Å²) in [6.45, 7) is 1.97. The molecule has 90 valence electrons. The van der Waals surface area contributed by atoms with Crippen molar-refractivity contribution in [2.45, 2.75) is 21.4 Å². The van der Waals surface area contributed by atoms with E-state index in [1.165, 1.54) is 23.5 Å². The second-order valence-corrected chi connectivity index (χ2v) is 5.98. The summed E-state index contributed by atoms with van der Waals surface area (Å²) in [5, 5.41) is 3.55. The zero-order chi connectivity index (χ0) is 12.3. The number of aryl methyl sites for hydroxylation is 1. The number of nitrogens with two attached hydrogens (primary N) is 1. The molecule has 0 aromatic carbocycles. The topological polar surface area (TPSA) is 76.7 Å². The number of thiazole rings is 1. The van der Waals surface area contributed by atoms with Gasteiger partial charge in [0, 0.05) is 17.1 Å². The lowest BCUT2D eigenvalue weighted by Gasteiger charge is -2.04. The van der Waals surface area contributed by atoms with Crippen LogP contribution in [0.15, 0.2) is 26.0 Å². The molecule has 2 aromatic heterocycles. The molecular weight excluding hydrogens is 274 g/mol. The molecule has 2 rings (SSSR count). The maximum Gasteiger partial charge on any atom is 0.190 e. The third kappa shape index (κ3) is 3.32. The molecule has 0 aliphatic heterocycles. The summed E-state index contributed by atoms with van der Waals surface area (Å²) >= 11 is 4.60. The predicted molar refractivity (Wildman–Crippen MR) is 72.6 cm³/mol. The molecule has 2 aromatic rings. The van der Waals surface area contributed by atoms with E-state index in [9.17, 15) is 0 Å². The van der Waals surface area contributed by atoms with Crippen LogP contribution in [0.25, 0.3) is 0 Å². The first-order valence-electron chi connectivity index (χ1n) is 4.71. The molecule has 0 atom stereocenters. The van der Waals surface area contributed by atoms with Crippen molar-refractivity contribution in [3.8, 4) is 0 Å². The first-order chi connectivity index (χ1) is 8.21. The minimum Gasteiger partial charge on any atom is -0.308 e. The van der Waals surface area contributed by atoms with Gasteiger partial charge in [-0.1, -0.05) is 11.8 Å². The van der Waals surface area contributed by atoms with Gasteiger partial charge >= 0.3 is 0 Å². The van der Waals surface area contributed by atoms with Crippen LogP contribution in [0, 0.1) is 6.92 Å². The van der Waals surface area contributed by atoms with Gasteiger partial charge in [0.05, 0.1) is 0 Å². The molecule has 17 heavy (non-hydrogen) atoms. The highest BCUT2D eigenvalue weighted by atomic mass is 32.2. The summed E-state index contributed by atoms with van der Waals surface area (Å²) in [4.78, 5) is 13.0. The second-order valence-electron chi connectivity index (χ2n) is 3.08. The Balaban J connectivity index is 2.25. The Morgan fingerprint density at radius 1 is 1.35 bits per heavy atom. The van der Waals surface area contributed by atoms with Gasteiger partial charge in [-0.25, -0.2) is 20.8 Å². The van der Waals surface area contributed by atoms with Gasteiger partial charge in [-0.15, -0.1) is 11.3 Å². The van der Waals surface area contributed by atoms with E-state index in [4.69, 9.17) is 5.84 Å². The molecule has 8 heteroatoms. The highest BCUT2D eigenvalue weighted by Gasteiger charge is 2.07. The van der Waals surface area contributed by atoms with Crippen LogP contribution in [-0.2, 0) is 0 Å². The number of anilines is 1. The van der Waals surface area contributed by atoms with Crippen LogP contribution >= 0.6 is 34.9 Å². The van der Waals surface area contributed by atoms with Crippen molar-refractivity contribution in [1.29, 1.82) is 0 Å². The number of nitrogens with zero attached hydrogens (tertiary/aromatic N) is 3. The summed E-state index contributed by atoms with van der Waals surface area (Å²) in [7, 11) is 0. The number of nitrogen functional groups attached to an aromatic ring is 1. The first-order valence-corrected chi connectivity index (χ1v) is 7.63. The molecule has 0 bridgehead atoms. The zero-order valence-electron chi connectivity index (χ0n) is 9.30. The lowest BCUT2D eigenvalue weighted by Crippen LogP contribution is -2.09. The first kappa shape index (κ1) is 12.6. The van der Waals surface area contributed by atoms with E-state index in [1.807, 2.05) is 18.6 Å². The number of aromatic nitrogens is 3.